The van der Waals surface area contributed by atoms with E-state index in [-0.39, 0.29) is 6.17 Å². The molecular formula is C44H28N4O. The molecule has 7 aromatic carbocycles. The molecule has 0 aliphatic carbocycles. The molecule has 0 radical (unpaired) electrons. The number of nitrogens with one attached hydrogen (secondary N) is 1. The molecule has 3 aromatic heterocycles. The van der Waals surface area contributed by atoms with Gasteiger partial charge >= 0.3 is 0 Å². The zero-order valence-electron chi connectivity index (χ0n) is 26.3. The van der Waals surface area contributed by atoms with Gasteiger partial charge in [0.1, 0.15) is 17.3 Å². The number of rotatable bonds is 3. The van der Waals surface area contributed by atoms with Crippen molar-refractivity contribution in [1.82, 2.24) is 9.13 Å². The van der Waals surface area contributed by atoms with Crippen molar-refractivity contribution in [2.75, 3.05) is 5.32 Å². The molecule has 0 spiro atoms. The maximum atomic E-state index is 6.75. The van der Waals surface area contributed by atoms with E-state index < -0.39 is 0 Å². The quantitative estimate of drug-likeness (QED) is 0.212. The van der Waals surface area contributed by atoms with Gasteiger partial charge in [0.05, 0.1) is 44.5 Å². The van der Waals surface area contributed by atoms with Crippen LogP contribution in [-0.2, 0) is 0 Å². The predicted molar refractivity (Wildman–Crippen MR) is 203 cm³/mol. The van der Waals surface area contributed by atoms with Crippen molar-refractivity contribution in [3.63, 3.8) is 0 Å². The van der Waals surface area contributed by atoms with E-state index in [1.54, 1.807) is 0 Å². The molecule has 1 unspecified atom stereocenters. The summed E-state index contributed by atoms with van der Waals surface area (Å²) in [6.07, 6.45) is -0.286. The third kappa shape index (κ3) is 3.72. The number of para-hydroxylation sites is 5. The van der Waals surface area contributed by atoms with Gasteiger partial charge in [0.2, 0.25) is 0 Å². The van der Waals surface area contributed by atoms with Crippen molar-refractivity contribution in [1.29, 1.82) is 0 Å². The van der Waals surface area contributed by atoms with Crippen LogP contribution in [0.3, 0.4) is 0 Å². The van der Waals surface area contributed by atoms with Crippen LogP contribution in [-0.4, -0.2) is 14.8 Å². The minimum Gasteiger partial charge on any atom is -0.455 e. The lowest BCUT2D eigenvalue weighted by molar-refractivity contribution is 0.672. The van der Waals surface area contributed by atoms with E-state index in [2.05, 4.69) is 160 Å². The second-order valence-electron chi connectivity index (χ2n) is 12.8. The van der Waals surface area contributed by atoms with Crippen molar-refractivity contribution >= 4 is 82.6 Å². The molecule has 5 heteroatoms. The molecule has 230 valence electrons. The Labute approximate surface area is 280 Å². The zero-order valence-corrected chi connectivity index (χ0v) is 26.3. The number of hydrogen-bond acceptors (Lipinski definition) is 3. The molecule has 0 fully saturated rings. The summed E-state index contributed by atoms with van der Waals surface area (Å²) in [5, 5.41) is 10.8. The van der Waals surface area contributed by atoms with Crippen molar-refractivity contribution < 1.29 is 4.42 Å². The molecule has 1 aliphatic heterocycles. The molecule has 0 saturated heterocycles. The highest BCUT2D eigenvalue weighted by molar-refractivity contribution is 6.27. The van der Waals surface area contributed by atoms with Crippen LogP contribution in [0.4, 0.5) is 11.4 Å². The molecule has 0 bridgehead atoms. The van der Waals surface area contributed by atoms with Gasteiger partial charge in [0, 0.05) is 38.2 Å². The Morgan fingerprint density at radius 3 is 2.14 bits per heavy atom. The number of aliphatic imine (C=N–C) groups is 1. The van der Waals surface area contributed by atoms with Crippen LogP contribution >= 0.6 is 0 Å². The van der Waals surface area contributed by atoms with Gasteiger partial charge in [-0.1, -0.05) is 97.1 Å². The molecule has 49 heavy (non-hydrogen) atoms. The van der Waals surface area contributed by atoms with Crippen molar-refractivity contribution in [2.45, 2.75) is 6.17 Å². The van der Waals surface area contributed by atoms with Gasteiger partial charge in [-0.3, -0.25) is 0 Å². The molecule has 10 aromatic rings. The number of benzene rings is 7. The lowest BCUT2D eigenvalue weighted by Gasteiger charge is -2.30. The summed E-state index contributed by atoms with van der Waals surface area (Å²) in [4.78, 5) is 5.33. The smallest absolute Gasteiger partial charge is 0.148 e. The molecule has 5 nitrogen and oxygen atoms in total. The summed E-state index contributed by atoms with van der Waals surface area (Å²) in [5.41, 5.74) is 11.4. The van der Waals surface area contributed by atoms with Gasteiger partial charge in [0.25, 0.3) is 0 Å². The third-order valence-corrected chi connectivity index (χ3v) is 10.1. The first-order valence-electron chi connectivity index (χ1n) is 16.7. The second-order valence-corrected chi connectivity index (χ2v) is 12.8. The Hall–Kier alpha value is -6.59. The summed E-state index contributed by atoms with van der Waals surface area (Å²) in [6.45, 7) is 0. The number of hydrogen-bond donors (Lipinski definition) is 1. The van der Waals surface area contributed by atoms with Gasteiger partial charge in [0.15, 0.2) is 0 Å². The number of anilines is 1. The highest BCUT2D eigenvalue weighted by atomic mass is 16.3. The summed E-state index contributed by atoms with van der Waals surface area (Å²) in [7, 11) is 0. The first-order chi connectivity index (χ1) is 24.3. The summed E-state index contributed by atoms with van der Waals surface area (Å²) < 4.78 is 11.6. The molecule has 1 atom stereocenters. The number of aromatic nitrogens is 2. The monoisotopic (exact) mass is 628 g/mol. The van der Waals surface area contributed by atoms with Crippen LogP contribution in [0.25, 0.3) is 71.2 Å². The average Bonchev–Trinajstić information content (AvgIpc) is 3.81. The first-order valence-corrected chi connectivity index (χ1v) is 16.7. The molecule has 11 rings (SSSR count). The Bertz CT molecular complexity index is 2960. The standard InChI is InChI=1S/C44H28N4O/c1-3-13-27(14-4-1)42-44(46-35-20-10-9-19-34(35)45-42)48-37-24-23-31-30-18-8-12-22-40(30)49-43(31)41(37)33-25-32-29-17-7-11-21-36(29)47(38(32)26-39(33)48)28-15-5-2-6-16-28/h1-26,44,46H. The Balaban J connectivity index is 1.32. The second kappa shape index (κ2) is 9.96. The Kier molecular flexibility index (Phi) is 5.38. The molecule has 0 saturated carbocycles. The SMILES string of the molecule is c1ccc(C2=Nc3ccccc3NC2n2c3cc4c(cc3c3c5oc6ccccc6c5ccc32)c2ccccc2n4-c2ccccc2)cc1. The Morgan fingerprint density at radius 1 is 0.531 bits per heavy atom. The summed E-state index contributed by atoms with van der Waals surface area (Å²) in [6, 6.07) is 55.8. The highest BCUT2D eigenvalue weighted by Crippen LogP contribution is 2.45. The van der Waals surface area contributed by atoms with Gasteiger partial charge in [-0.05, 0) is 60.7 Å². The van der Waals surface area contributed by atoms with E-state index in [1.807, 2.05) is 12.1 Å². The van der Waals surface area contributed by atoms with Gasteiger partial charge in [-0.15, -0.1) is 0 Å². The van der Waals surface area contributed by atoms with E-state index in [9.17, 15) is 0 Å². The summed E-state index contributed by atoms with van der Waals surface area (Å²) in [5.74, 6) is 0. The lowest BCUT2D eigenvalue weighted by atomic mass is 10.0. The fourth-order valence-corrected chi connectivity index (χ4v) is 8.02. The maximum absolute atomic E-state index is 6.75. The average molecular weight is 629 g/mol. The van der Waals surface area contributed by atoms with E-state index in [4.69, 9.17) is 9.41 Å². The predicted octanol–water partition coefficient (Wildman–Crippen LogP) is 11.5. The molecular weight excluding hydrogens is 601 g/mol. The van der Waals surface area contributed by atoms with E-state index >= 15 is 0 Å². The largest absolute Gasteiger partial charge is 0.455 e. The van der Waals surface area contributed by atoms with E-state index in [0.717, 1.165) is 77.6 Å². The minimum atomic E-state index is -0.286. The fourth-order valence-electron chi connectivity index (χ4n) is 8.02. The third-order valence-electron chi connectivity index (χ3n) is 10.1. The van der Waals surface area contributed by atoms with Crippen molar-refractivity contribution in [2.24, 2.45) is 4.99 Å². The molecule has 1 aliphatic rings. The maximum Gasteiger partial charge on any atom is 0.148 e. The van der Waals surface area contributed by atoms with Crippen LogP contribution < -0.4 is 5.32 Å². The lowest BCUT2D eigenvalue weighted by Crippen LogP contribution is -2.30. The number of furan rings is 1. The first kappa shape index (κ1) is 26.5. The number of nitrogens with zero attached hydrogens (tertiary/aromatic N) is 3. The topological polar surface area (TPSA) is 47.4 Å². The summed E-state index contributed by atoms with van der Waals surface area (Å²) >= 11 is 0. The zero-order chi connectivity index (χ0) is 32.1. The van der Waals surface area contributed by atoms with Crippen LogP contribution in [0.5, 0.6) is 0 Å². The Morgan fingerprint density at radius 2 is 1.27 bits per heavy atom. The van der Waals surface area contributed by atoms with Gasteiger partial charge in [-0.2, -0.15) is 0 Å². The van der Waals surface area contributed by atoms with E-state index in [0.29, 0.717) is 0 Å². The van der Waals surface area contributed by atoms with Crippen molar-refractivity contribution in [3.05, 3.63) is 163 Å². The fraction of sp³-hybridized carbons (Fsp3) is 0.0227. The van der Waals surface area contributed by atoms with Crippen LogP contribution in [0, 0.1) is 0 Å². The molecule has 4 heterocycles. The molecule has 0 amide bonds. The molecule has 1 N–H and O–H groups in total. The van der Waals surface area contributed by atoms with Crippen LogP contribution in [0.2, 0.25) is 0 Å². The van der Waals surface area contributed by atoms with Crippen molar-refractivity contribution in [3.8, 4) is 5.69 Å². The minimum absolute atomic E-state index is 0.286. The van der Waals surface area contributed by atoms with E-state index in [1.165, 1.54) is 16.3 Å². The normalized spacial score (nSPS) is 14.6. The highest BCUT2D eigenvalue weighted by Gasteiger charge is 2.30. The van der Waals surface area contributed by atoms with Crippen LogP contribution in [0.1, 0.15) is 11.7 Å². The number of fused-ring (bicyclic) bond motifs is 11. The van der Waals surface area contributed by atoms with Gasteiger partial charge in [-0.25, -0.2) is 4.99 Å². The van der Waals surface area contributed by atoms with Gasteiger partial charge < -0.3 is 18.9 Å². The van der Waals surface area contributed by atoms with Crippen LogP contribution in [0.15, 0.2) is 167 Å².